The maximum Gasteiger partial charge on any atom is 0.574 e. The summed E-state index contributed by atoms with van der Waals surface area (Å²) in [5.41, 5.74) is 0.196. The normalized spacial score (nSPS) is 10.9. The van der Waals surface area contributed by atoms with Crippen LogP contribution in [0.4, 0.5) is 22.0 Å². The number of aromatic nitrogens is 1. The lowest BCUT2D eigenvalue weighted by molar-refractivity contribution is -0.276. The summed E-state index contributed by atoms with van der Waals surface area (Å²) >= 11 is 0. The number of carbonyl (C=O) groups is 2. The average Bonchev–Trinajstić information content (AvgIpc) is 2.68. The highest BCUT2D eigenvalue weighted by Crippen LogP contribution is 2.20. The van der Waals surface area contributed by atoms with Crippen LogP contribution in [0.1, 0.15) is 16.8 Å². The fourth-order valence-electron chi connectivity index (χ4n) is 2.11. The first-order chi connectivity index (χ1) is 14.5. The van der Waals surface area contributed by atoms with Gasteiger partial charge in [-0.2, -0.15) is 0 Å². The summed E-state index contributed by atoms with van der Waals surface area (Å²) < 4.78 is 70.8. The molecule has 0 atom stereocenters. The number of amides is 2. The third-order valence-electron chi connectivity index (χ3n) is 3.52. The number of halogens is 5. The molecule has 2 aromatic rings. The van der Waals surface area contributed by atoms with E-state index in [4.69, 9.17) is 4.74 Å². The summed E-state index contributed by atoms with van der Waals surface area (Å²) in [6, 6.07) is 4.81. The number of pyridine rings is 1. The maximum absolute atomic E-state index is 13.1. The van der Waals surface area contributed by atoms with E-state index in [0.717, 1.165) is 30.5 Å². The van der Waals surface area contributed by atoms with E-state index in [2.05, 4.69) is 26.9 Å². The Labute approximate surface area is 172 Å². The van der Waals surface area contributed by atoms with Crippen molar-refractivity contribution in [3.63, 3.8) is 0 Å². The molecule has 0 unspecified atom stereocenters. The molecule has 2 amide bonds. The first-order valence-corrected chi connectivity index (χ1v) is 8.59. The van der Waals surface area contributed by atoms with Gasteiger partial charge in [0, 0.05) is 37.0 Å². The Kier molecular flexibility index (Phi) is 7.88. The van der Waals surface area contributed by atoms with Crippen LogP contribution in [0.25, 0.3) is 0 Å². The van der Waals surface area contributed by atoms with Crippen molar-refractivity contribution in [1.29, 1.82) is 0 Å². The Bertz CT molecular complexity index is 949. The van der Waals surface area contributed by atoms with Crippen molar-refractivity contribution in [1.82, 2.24) is 15.6 Å². The summed E-state index contributed by atoms with van der Waals surface area (Å²) in [6.07, 6.45) is -3.85. The van der Waals surface area contributed by atoms with E-state index in [1.807, 2.05) is 0 Å². The first-order valence-electron chi connectivity index (χ1n) is 8.59. The van der Waals surface area contributed by atoms with Gasteiger partial charge in [0.25, 0.3) is 11.8 Å². The highest BCUT2D eigenvalue weighted by molar-refractivity contribution is 5.95. The number of nitrogens with one attached hydrogen (secondary N) is 2. The molecule has 7 nitrogen and oxygen atoms in total. The minimum absolute atomic E-state index is 0.0222. The molecule has 2 N–H and O–H groups in total. The average molecular weight is 445 g/mol. The van der Waals surface area contributed by atoms with E-state index in [1.54, 1.807) is 0 Å². The highest BCUT2D eigenvalue weighted by atomic mass is 19.4. The van der Waals surface area contributed by atoms with Gasteiger partial charge in [0.1, 0.15) is 5.75 Å². The van der Waals surface area contributed by atoms with Crippen LogP contribution in [0.2, 0.25) is 0 Å². The smallest absolute Gasteiger partial charge is 0.484 e. The molecule has 0 aliphatic carbocycles. The number of rotatable bonds is 9. The fourth-order valence-corrected chi connectivity index (χ4v) is 2.11. The van der Waals surface area contributed by atoms with E-state index in [0.29, 0.717) is 0 Å². The third-order valence-corrected chi connectivity index (χ3v) is 3.52. The Morgan fingerprint density at radius 2 is 1.84 bits per heavy atom. The minimum Gasteiger partial charge on any atom is -0.484 e. The summed E-state index contributed by atoms with van der Waals surface area (Å²) in [7, 11) is 0. The van der Waals surface area contributed by atoms with E-state index in [-0.39, 0.29) is 30.0 Å². The molecule has 2 rings (SSSR count). The van der Waals surface area contributed by atoms with E-state index in [1.165, 1.54) is 6.07 Å². The molecular weight excluding hydrogens is 429 g/mol. The zero-order chi connectivity index (χ0) is 23.0. The zero-order valence-electron chi connectivity index (χ0n) is 15.8. The second-order valence-corrected chi connectivity index (χ2v) is 5.96. The van der Waals surface area contributed by atoms with Gasteiger partial charge >= 0.3 is 6.36 Å². The second-order valence-electron chi connectivity index (χ2n) is 5.96. The van der Waals surface area contributed by atoms with Gasteiger partial charge in [-0.15, -0.1) is 13.2 Å². The van der Waals surface area contributed by atoms with E-state index >= 15 is 0 Å². The molecule has 0 radical (unpaired) electrons. The van der Waals surface area contributed by atoms with Crippen LogP contribution >= 0.6 is 0 Å². The van der Waals surface area contributed by atoms with Crippen molar-refractivity contribution in [3.05, 3.63) is 66.0 Å². The van der Waals surface area contributed by atoms with Gasteiger partial charge in [0.2, 0.25) is 5.88 Å². The molecule has 0 aliphatic rings. The fraction of sp³-hybridized carbons (Fsp3) is 0.211. The number of ether oxygens (including phenoxy) is 2. The molecule has 12 heteroatoms. The summed E-state index contributed by atoms with van der Waals surface area (Å²) in [5.74, 6) is -4.10. The zero-order valence-corrected chi connectivity index (χ0v) is 15.8. The lowest BCUT2D eigenvalue weighted by Crippen LogP contribution is -2.31. The predicted octanol–water partition coefficient (Wildman–Crippen LogP) is 3.09. The van der Waals surface area contributed by atoms with Gasteiger partial charge in [-0.05, 0) is 18.2 Å². The quantitative estimate of drug-likeness (QED) is 0.579. The predicted molar refractivity (Wildman–Crippen MR) is 97.0 cm³/mol. The van der Waals surface area contributed by atoms with Gasteiger partial charge in [-0.25, -0.2) is 13.8 Å². The molecule has 0 bridgehead atoms. The Balaban J connectivity index is 1.70. The number of hydrogen-bond acceptors (Lipinski definition) is 5. The monoisotopic (exact) mass is 445 g/mol. The van der Waals surface area contributed by atoms with Crippen LogP contribution in [-0.4, -0.2) is 36.3 Å². The van der Waals surface area contributed by atoms with Gasteiger partial charge < -0.3 is 20.1 Å². The molecule has 0 fully saturated rings. The van der Waals surface area contributed by atoms with Crippen molar-refractivity contribution in [2.24, 2.45) is 0 Å². The van der Waals surface area contributed by atoms with Crippen LogP contribution in [-0.2, 0) is 4.79 Å². The van der Waals surface area contributed by atoms with Crippen LogP contribution < -0.4 is 20.1 Å². The van der Waals surface area contributed by atoms with Crippen molar-refractivity contribution >= 4 is 11.8 Å². The number of benzene rings is 1. The maximum atomic E-state index is 13.1. The summed E-state index contributed by atoms with van der Waals surface area (Å²) in [6.45, 7) is 3.25. The molecule has 1 aromatic carbocycles. The molecule has 166 valence electrons. The van der Waals surface area contributed by atoms with E-state index < -0.39 is 42.3 Å². The van der Waals surface area contributed by atoms with Gasteiger partial charge in [0.05, 0.1) is 5.56 Å². The van der Waals surface area contributed by atoms with Crippen LogP contribution in [0, 0.1) is 11.6 Å². The molecule has 0 spiro atoms. The standard InChI is InChI=1S/C19H16F5N3O4/c1-11(27-18(29)12-2-5-17(26-9-12)31-19(22,23)24)6-7-25-16(28)10-30-13-3-4-14(20)15(21)8-13/h2-5,8-9H,1,6-7,10H2,(H,25,28)(H,27,29). The number of nitrogens with zero attached hydrogens (tertiary/aromatic N) is 1. The molecular formula is C19H16F5N3O4. The SMILES string of the molecule is C=C(CCNC(=O)COc1ccc(F)c(F)c1)NC(=O)c1ccc(OC(F)(F)F)nc1. The third kappa shape index (κ3) is 8.28. The summed E-state index contributed by atoms with van der Waals surface area (Å²) in [5, 5.41) is 4.88. The van der Waals surface area contributed by atoms with Crippen molar-refractivity contribution < 1.29 is 41.0 Å². The molecule has 0 aliphatic heterocycles. The van der Waals surface area contributed by atoms with E-state index in [9.17, 15) is 31.5 Å². The number of hydrogen-bond donors (Lipinski definition) is 2. The van der Waals surface area contributed by atoms with Gasteiger partial charge in [-0.3, -0.25) is 9.59 Å². The van der Waals surface area contributed by atoms with Gasteiger partial charge in [-0.1, -0.05) is 6.58 Å². The minimum atomic E-state index is -4.89. The van der Waals surface area contributed by atoms with Crippen LogP contribution in [0.3, 0.4) is 0 Å². The molecule has 31 heavy (non-hydrogen) atoms. The Morgan fingerprint density at radius 3 is 2.45 bits per heavy atom. The van der Waals surface area contributed by atoms with Crippen LogP contribution in [0.15, 0.2) is 48.8 Å². The lowest BCUT2D eigenvalue weighted by Gasteiger charge is -2.11. The Hall–Kier alpha value is -3.70. The number of carbonyl (C=O) groups excluding carboxylic acids is 2. The molecule has 0 saturated carbocycles. The van der Waals surface area contributed by atoms with Crippen molar-refractivity contribution in [2.45, 2.75) is 12.8 Å². The topological polar surface area (TPSA) is 89.6 Å². The molecule has 0 saturated heterocycles. The molecule has 1 aromatic heterocycles. The van der Waals surface area contributed by atoms with Crippen molar-refractivity contribution in [2.75, 3.05) is 13.2 Å². The highest BCUT2D eigenvalue weighted by Gasteiger charge is 2.31. The molecule has 1 heterocycles. The Morgan fingerprint density at radius 1 is 1.10 bits per heavy atom. The van der Waals surface area contributed by atoms with Crippen molar-refractivity contribution in [3.8, 4) is 11.6 Å². The largest absolute Gasteiger partial charge is 0.574 e. The van der Waals surface area contributed by atoms with Gasteiger partial charge in [0.15, 0.2) is 18.2 Å². The lowest BCUT2D eigenvalue weighted by atomic mass is 10.2. The number of alkyl halides is 3. The summed E-state index contributed by atoms with van der Waals surface area (Å²) in [4.78, 5) is 27.1. The first kappa shape index (κ1) is 23.6. The second kappa shape index (κ2) is 10.4. The van der Waals surface area contributed by atoms with Crippen LogP contribution in [0.5, 0.6) is 11.6 Å².